The highest BCUT2D eigenvalue weighted by Gasteiger charge is 2.29. The van der Waals surface area contributed by atoms with Crippen molar-refractivity contribution in [3.63, 3.8) is 0 Å². The highest BCUT2D eigenvalue weighted by atomic mass is 35.5. The van der Waals surface area contributed by atoms with E-state index in [1.165, 1.54) is 11.6 Å². The van der Waals surface area contributed by atoms with Gasteiger partial charge in [-0.3, -0.25) is 9.69 Å². The lowest BCUT2D eigenvalue weighted by Gasteiger charge is -2.38. The van der Waals surface area contributed by atoms with Gasteiger partial charge in [0.2, 0.25) is 5.91 Å². The lowest BCUT2D eigenvalue weighted by atomic mass is 10.0. The van der Waals surface area contributed by atoms with Crippen LogP contribution in [0.5, 0.6) is 0 Å². The SMILES string of the molecule is CCC(=O)N(c1ccccc1F)C1CCN(Cc2ccccc2)CC1.Cl. The minimum Gasteiger partial charge on any atom is -0.306 e. The number of hydrogen-bond donors (Lipinski definition) is 0. The van der Waals surface area contributed by atoms with Crippen LogP contribution >= 0.6 is 12.4 Å². The minimum absolute atomic E-state index is 0. The number of para-hydroxylation sites is 1. The first kappa shape index (κ1) is 20.4. The van der Waals surface area contributed by atoms with E-state index in [-0.39, 0.29) is 30.2 Å². The lowest BCUT2D eigenvalue weighted by molar-refractivity contribution is -0.119. The number of benzene rings is 2. The molecular formula is C21H26ClFN2O. The Morgan fingerprint density at radius 1 is 1.08 bits per heavy atom. The van der Waals surface area contributed by atoms with Gasteiger partial charge in [-0.1, -0.05) is 49.4 Å². The number of anilines is 1. The van der Waals surface area contributed by atoms with E-state index in [0.29, 0.717) is 12.1 Å². The third kappa shape index (κ3) is 4.83. The van der Waals surface area contributed by atoms with Crippen molar-refractivity contribution < 1.29 is 9.18 Å². The number of hydrogen-bond acceptors (Lipinski definition) is 2. The summed E-state index contributed by atoms with van der Waals surface area (Å²) in [6.07, 6.45) is 2.12. The Morgan fingerprint density at radius 3 is 2.31 bits per heavy atom. The van der Waals surface area contributed by atoms with Crippen LogP contribution < -0.4 is 4.90 Å². The zero-order valence-corrected chi connectivity index (χ0v) is 15.9. The molecule has 1 aliphatic heterocycles. The summed E-state index contributed by atoms with van der Waals surface area (Å²) in [6.45, 7) is 4.60. The van der Waals surface area contributed by atoms with Crippen LogP contribution in [0.25, 0.3) is 0 Å². The molecule has 1 fully saturated rings. The van der Waals surface area contributed by atoms with Crippen LogP contribution in [0.3, 0.4) is 0 Å². The van der Waals surface area contributed by atoms with E-state index in [1.807, 2.05) is 13.0 Å². The molecule has 0 aliphatic carbocycles. The number of likely N-dealkylation sites (tertiary alicyclic amines) is 1. The highest BCUT2D eigenvalue weighted by Crippen LogP contribution is 2.27. The molecule has 1 aliphatic rings. The highest BCUT2D eigenvalue weighted by molar-refractivity contribution is 5.93. The van der Waals surface area contributed by atoms with Crippen LogP contribution in [-0.2, 0) is 11.3 Å². The average molecular weight is 377 g/mol. The molecule has 0 bridgehead atoms. The predicted molar refractivity (Wildman–Crippen MR) is 106 cm³/mol. The standard InChI is InChI=1S/C21H25FN2O.ClH/c1-2-21(25)24(20-11-7-6-10-19(20)22)18-12-14-23(15-13-18)16-17-8-4-3-5-9-17;/h3-11,18H,2,12-16H2,1H3;1H. The van der Waals surface area contributed by atoms with Gasteiger partial charge in [-0.25, -0.2) is 4.39 Å². The number of carbonyl (C=O) groups excluding carboxylic acids is 1. The van der Waals surface area contributed by atoms with E-state index < -0.39 is 0 Å². The predicted octanol–water partition coefficient (Wildman–Crippen LogP) is 4.66. The first-order valence-corrected chi connectivity index (χ1v) is 9.02. The number of piperidine rings is 1. The van der Waals surface area contributed by atoms with Crippen LogP contribution in [-0.4, -0.2) is 29.9 Å². The van der Waals surface area contributed by atoms with E-state index in [9.17, 15) is 9.18 Å². The Balaban J connectivity index is 0.00000243. The normalized spacial score (nSPS) is 15.3. The number of nitrogens with zero attached hydrogens (tertiary/aromatic N) is 2. The monoisotopic (exact) mass is 376 g/mol. The van der Waals surface area contributed by atoms with E-state index in [2.05, 4.69) is 29.2 Å². The lowest BCUT2D eigenvalue weighted by Crippen LogP contribution is -2.47. The number of rotatable bonds is 5. The van der Waals surface area contributed by atoms with E-state index in [4.69, 9.17) is 0 Å². The molecule has 26 heavy (non-hydrogen) atoms. The van der Waals surface area contributed by atoms with Crippen molar-refractivity contribution in [2.45, 2.75) is 38.8 Å². The molecule has 2 aromatic rings. The van der Waals surface area contributed by atoms with Gasteiger partial charge in [-0.15, -0.1) is 12.4 Å². The summed E-state index contributed by atoms with van der Waals surface area (Å²) in [6, 6.07) is 17.1. The van der Waals surface area contributed by atoms with Gasteiger partial charge in [0.05, 0.1) is 5.69 Å². The molecule has 5 heteroatoms. The summed E-state index contributed by atoms with van der Waals surface area (Å²) in [5.41, 5.74) is 1.72. The summed E-state index contributed by atoms with van der Waals surface area (Å²) in [7, 11) is 0. The maximum atomic E-state index is 14.3. The van der Waals surface area contributed by atoms with Crippen molar-refractivity contribution >= 4 is 24.0 Å². The summed E-state index contributed by atoms with van der Waals surface area (Å²) >= 11 is 0. The largest absolute Gasteiger partial charge is 0.306 e. The summed E-state index contributed by atoms with van der Waals surface area (Å²) < 4.78 is 14.3. The molecule has 2 aromatic carbocycles. The summed E-state index contributed by atoms with van der Waals surface area (Å²) in [4.78, 5) is 16.6. The van der Waals surface area contributed by atoms with Crippen molar-refractivity contribution in [2.24, 2.45) is 0 Å². The van der Waals surface area contributed by atoms with Crippen LogP contribution in [0.15, 0.2) is 54.6 Å². The smallest absolute Gasteiger partial charge is 0.227 e. The Labute approximate surface area is 161 Å². The number of amides is 1. The Hall–Kier alpha value is -1.91. The Morgan fingerprint density at radius 2 is 1.69 bits per heavy atom. The molecule has 0 spiro atoms. The van der Waals surface area contributed by atoms with E-state index in [0.717, 1.165) is 32.5 Å². The van der Waals surface area contributed by atoms with E-state index in [1.54, 1.807) is 23.1 Å². The first-order valence-electron chi connectivity index (χ1n) is 9.02. The van der Waals surface area contributed by atoms with Crippen LogP contribution in [0, 0.1) is 5.82 Å². The van der Waals surface area contributed by atoms with Gasteiger partial charge in [-0.2, -0.15) is 0 Å². The van der Waals surface area contributed by atoms with Gasteiger partial charge in [0.15, 0.2) is 0 Å². The van der Waals surface area contributed by atoms with Crippen molar-refractivity contribution in [1.82, 2.24) is 4.90 Å². The van der Waals surface area contributed by atoms with Crippen LogP contribution in [0.1, 0.15) is 31.7 Å². The molecule has 140 valence electrons. The average Bonchev–Trinajstić information content (AvgIpc) is 2.65. The molecule has 1 amide bonds. The number of carbonyl (C=O) groups is 1. The molecule has 0 unspecified atom stereocenters. The fraction of sp³-hybridized carbons (Fsp3) is 0.381. The van der Waals surface area contributed by atoms with Crippen molar-refractivity contribution in [3.05, 3.63) is 66.0 Å². The van der Waals surface area contributed by atoms with Crippen LogP contribution in [0.2, 0.25) is 0 Å². The Bertz CT molecular complexity index is 702. The molecule has 3 nitrogen and oxygen atoms in total. The first-order chi connectivity index (χ1) is 12.2. The maximum Gasteiger partial charge on any atom is 0.227 e. The molecule has 0 saturated carbocycles. The minimum atomic E-state index is -0.323. The van der Waals surface area contributed by atoms with Crippen LogP contribution in [0.4, 0.5) is 10.1 Å². The molecule has 0 atom stereocenters. The van der Waals surface area contributed by atoms with Gasteiger partial charge < -0.3 is 4.90 Å². The molecular weight excluding hydrogens is 351 g/mol. The Kier molecular flexibility index (Phi) is 7.61. The zero-order valence-electron chi connectivity index (χ0n) is 15.1. The number of halogens is 2. The summed E-state index contributed by atoms with van der Waals surface area (Å²) in [5, 5.41) is 0. The molecule has 1 saturated heterocycles. The topological polar surface area (TPSA) is 23.6 Å². The van der Waals surface area contributed by atoms with Gasteiger partial charge in [-0.05, 0) is 30.5 Å². The quantitative estimate of drug-likeness (QED) is 0.758. The van der Waals surface area contributed by atoms with Gasteiger partial charge >= 0.3 is 0 Å². The molecule has 3 rings (SSSR count). The van der Waals surface area contributed by atoms with Crippen molar-refractivity contribution in [2.75, 3.05) is 18.0 Å². The molecule has 0 N–H and O–H groups in total. The fourth-order valence-corrected chi connectivity index (χ4v) is 3.53. The summed E-state index contributed by atoms with van der Waals surface area (Å²) in [5.74, 6) is -0.331. The maximum absolute atomic E-state index is 14.3. The molecule has 0 radical (unpaired) electrons. The fourth-order valence-electron chi connectivity index (χ4n) is 3.53. The molecule has 0 aromatic heterocycles. The van der Waals surface area contributed by atoms with Crippen molar-refractivity contribution in [1.29, 1.82) is 0 Å². The second-order valence-electron chi connectivity index (χ2n) is 6.56. The zero-order chi connectivity index (χ0) is 17.6. The van der Waals surface area contributed by atoms with Gasteiger partial charge in [0.25, 0.3) is 0 Å². The second-order valence-corrected chi connectivity index (χ2v) is 6.56. The van der Waals surface area contributed by atoms with Gasteiger partial charge in [0.1, 0.15) is 5.82 Å². The van der Waals surface area contributed by atoms with Crippen molar-refractivity contribution in [3.8, 4) is 0 Å². The second kappa shape index (κ2) is 9.70. The molecule has 1 heterocycles. The third-order valence-corrected chi connectivity index (χ3v) is 4.85. The van der Waals surface area contributed by atoms with Gasteiger partial charge in [0, 0.05) is 32.1 Å². The third-order valence-electron chi connectivity index (χ3n) is 4.85. The van der Waals surface area contributed by atoms with E-state index >= 15 is 0 Å².